The smallest absolute Gasteiger partial charge is 0.139 e. The summed E-state index contributed by atoms with van der Waals surface area (Å²) in [5.74, 6) is 0.570. The highest BCUT2D eigenvalue weighted by atomic mass is 16.6. The normalized spacial score (nSPS) is 48.6. The molecule has 1 saturated carbocycles. The molecule has 4 heteroatoms. The lowest BCUT2D eigenvalue weighted by Crippen LogP contribution is -2.42. The summed E-state index contributed by atoms with van der Waals surface area (Å²) in [4.78, 5) is 0. The van der Waals surface area contributed by atoms with Gasteiger partial charge in [0.15, 0.2) is 0 Å². The molecule has 3 nitrogen and oxygen atoms in total. The maximum atomic E-state index is 5.94. The van der Waals surface area contributed by atoms with E-state index in [0.717, 1.165) is 6.42 Å². The number of methoxy groups -OCH3 is 2. The van der Waals surface area contributed by atoms with Crippen LogP contribution in [0.4, 0.5) is 0 Å². The van der Waals surface area contributed by atoms with Crippen LogP contribution in [-0.2, 0) is 14.2 Å². The number of rotatable bonds is 3. The third-order valence-electron chi connectivity index (χ3n) is 3.47. The summed E-state index contributed by atoms with van der Waals surface area (Å²) in [5.41, 5.74) is -0.145. The van der Waals surface area contributed by atoms with E-state index in [2.05, 4.69) is 7.85 Å². The van der Waals surface area contributed by atoms with Crippen LogP contribution in [0.5, 0.6) is 0 Å². The average Bonchev–Trinajstić information content (AvgIpc) is 2.55. The molecule has 1 aliphatic carbocycles. The van der Waals surface area contributed by atoms with Gasteiger partial charge in [-0.15, -0.1) is 0 Å². The van der Waals surface area contributed by atoms with Gasteiger partial charge in [-0.3, -0.25) is 0 Å². The van der Waals surface area contributed by atoms with Gasteiger partial charge in [-0.1, -0.05) is 0 Å². The van der Waals surface area contributed by atoms with Crippen molar-refractivity contribution in [3.8, 4) is 0 Å². The Balaban J connectivity index is 2.17. The minimum atomic E-state index is -0.145. The lowest BCUT2D eigenvalue weighted by atomic mass is 9.85. The maximum absolute atomic E-state index is 5.94. The number of fused-ring (bicyclic) bond motifs is 2. The first-order valence-electron chi connectivity index (χ1n) is 4.93. The first-order chi connectivity index (χ1) is 6.23. The second-order valence-corrected chi connectivity index (χ2v) is 4.18. The van der Waals surface area contributed by atoms with Crippen molar-refractivity contribution >= 4 is 7.85 Å². The Kier molecular flexibility index (Phi) is 2.38. The van der Waals surface area contributed by atoms with E-state index in [1.54, 1.807) is 14.2 Å². The fourth-order valence-electron chi connectivity index (χ4n) is 2.98. The molecule has 1 saturated heterocycles. The van der Waals surface area contributed by atoms with Crippen molar-refractivity contribution in [3.05, 3.63) is 0 Å². The van der Waals surface area contributed by atoms with Gasteiger partial charge in [0.2, 0.25) is 0 Å². The Morgan fingerprint density at radius 2 is 2.31 bits per heavy atom. The quantitative estimate of drug-likeness (QED) is 0.568. The summed E-state index contributed by atoms with van der Waals surface area (Å²) in [6, 6.07) is 0.328. The van der Waals surface area contributed by atoms with Gasteiger partial charge in [0.05, 0.1) is 12.7 Å². The standard InChI is InChI=1S/C9H17BO3/c1-11-5-9-4-3-6(7(9)12-2)8(10)13-9/h6-8H,3-5,10H2,1-2H3/t6?,7?,8-,9-/m1/s1. The van der Waals surface area contributed by atoms with Gasteiger partial charge in [0.1, 0.15) is 13.4 Å². The third-order valence-corrected chi connectivity index (χ3v) is 3.47. The summed E-state index contributed by atoms with van der Waals surface area (Å²) in [7, 11) is 5.63. The zero-order chi connectivity index (χ0) is 9.47. The van der Waals surface area contributed by atoms with Crippen LogP contribution < -0.4 is 0 Å². The van der Waals surface area contributed by atoms with E-state index in [0.29, 0.717) is 18.5 Å². The minimum Gasteiger partial charge on any atom is -0.382 e. The van der Waals surface area contributed by atoms with Gasteiger partial charge in [0, 0.05) is 26.1 Å². The Bertz CT molecular complexity index is 199. The monoisotopic (exact) mass is 184 g/mol. The number of hydrogen-bond acceptors (Lipinski definition) is 3. The zero-order valence-corrected chi connectivity index (χ0v) is 8.58. The molecule has 0 radical (unpaired) electrons. The van der Waals surface area contributed by atoms with Gasteiger partial charge >= 0.3 is 0 Å². The Morgan fingerprint density at radius 3 is 2.85 bits per heavy atom. The first-order valence-corrected chi connectivity index (χ1v) is 4.93. The van der Waals surface area contributed by atoms with Crippen molar-refractivity contribution in [1.82, 2.24) is 0 Å². The average molecular weight is 184 g/mol. The van der Waals surface area contributed by atoms with Gasteiger partial charge in [-0.25, -0.2) is 0 Å². The van der Waals surface area contributed by atoms with Crippen molar-refractivity contribution in [1.29, 1.82) is 0 Å². The molecule has 1 heterocycles. The fraction of sp³-hybridized carbons (Fsp3) is 1.00. The van der Waals surface area contributed by atoms with E-state index in [1.165, 1.54) is 6.42 Å². The van der Waals surface area contributed by atoms with Gasteiger partial charge in [-0.2, -0.15) is 0 Å². The zero-order valence-electron chi connectivity index (χ0n) is 8.58. The molecule has 2 bridgehead atoms. The molecule has 0 spiro atoms. The lowest BCUT2D eigenvalue weighted by molar-refractivity contribution is -0.114. The summed E-state index contributed by atoms with van der Waals surface area (Å²) < 4.78 is 16.7. The number of hydrogen-bond donors (Lipinski definition) is 0. The molecule has 0 N–H and O–H groups in total. The van der Waals surface area contributed by atoms with Crippen LogP contribution in [0.25, 0.3) is 0 Å². The fourth-order valence-corrected chi connectivity index (χ4v) is 2.98. The molecule has 0 amide bonds. The van der Waals surface area contributed by atoms with Crippen molar-refractivity contribution < 1.29 is 14.2 Å². The summed E-state index contributed by atoms with van der Waals surface area (Å²) >= 11 is 0. The summed E-state index contributed by atoms with van der Waals surface area (Å²) in [5, 5.41) is 0. The van der Waals surface area contributed by atoms with Crippen LogP contribution in [0.2, 0.25) is 0 Å². The molecule has 1 aliphatic heterocycles. The summed E-state index contributed by atoms with van der Waals surface area (Å²) in [6.45, 7) is 0.659. The maximum Gasteiger partial charge on any atom is 0.139 e. The highest BCUT2D eigenvalue weighted by molar-refractivity contribution is 6.11. The summed E-state index contributed by atoms with van der Waals surface area (Å²) in [6.07, 6.45) is 2.53. The van der Waals surface area contributed by atoms with Crippen molar-refractivity contribution in [3.63, 3.8) is 0 Å². The molecule has 4 atom stereocenters. The highest BCUT2D eigenvalue weighted by Gasteiger charge is 2.58. The Hall–Kier alpha value is -0.0551. The minimum absolute atomic E-state index is 0.145. The van der Waals surface area contributed by atoms with Crippen LogP contribution >= 0.6 is 0 Å². The van der Waals surface area contributed by atoms with Crippen LogP contribution in [0.1, 0.15) is 12.8 Å². The molecule has 2 aliphatic rings. The second kappa shape index (κ2) is 3.26. The predicted molar refractivity (Wildman–Crippen MR) is 51.5 cm³/mol. The molecule has 13 heavy (non-hydrogen) atoms. The molecule has 74 valence electrons. The van der Waals surface area contributed by atoms with Crippen molar-refractivity contribution in [2.24, 2.45) is 5.92 Å². The van der Waals surface area contributed by atoms with E-state index in [9.17, 15) is 0 Å². The van der Waals surface area contributed by atoms with E-state index in [4.69, 9.17) is 14.2 Å². The van der Waals surface area contributed by atoms with Gasteiger partial charge in [0.25, 0.3) is 0 Å². The van der Waals surface area contributed by atoms with E-state index in [-0.39, 0.29) is 11.7 Å². The van der Waals surface area contributed by atoms with Crippen LogP contribution in [-0.4, -0.2) is 46.4 Å². The van der Waals surface area contributed by atoms with Crippen molar-refractivity contribution in [2.45, 2.75) is 30.5 Å². The Labute approximate surface area is 80.1 Å². The van der Waals surface area contributed by atoms with Crippen LogP contribution in [0, 0.1) is 5.92 Å². The second-order valence-electron chi connectivity index (χ2n) is 4.18. The van der Waals surface area contributed by atoms with Gasteiger partial charge < -0.3 is 14.2 Å². The van der Waals surface area contributed by atoms with E-state index < -0.39 is 0 Å². The topological polar surface area (TPSA) is 27.7 Å². The molecule has 0 aromatic carbocycles. The molecule has 2 rings (SSSR count). The number of ether oxygens (including phenoxy) is 3. The highest BCUT2D eigenvalue weighted by Crippen LogP contribution is 2.48. The molecule has 2 unspecified atom stereocenters. The predicted octanol–water partition coefficient (Wildman–Crippen LogP) is -0.214. The largest absolute Gasteiger partial charge is 0.382 e. The third kappa shape index (κ3) is 1.23. The molecular weight excluding hydrogens is 167 g/mol. The molecule has 2 fully saturated rings. The van der Waals surface area contributed by atoms with Crippen molar-refractivity contribution in [2.75, 3.05) is 20.8 Å². The first kappa shape index (κ1) is 9.50. The molecular formula is C9H17BO3. The SMILES string of the molecule is B[C@@H]1O[C@@]2(COC)CCC1C2OC. The van der Waals surface area contributed by atoms with E-state index in [1.807, 2.05) is 0 Å². The van der Waals surface area contributed by atoms with Gasteiger partial charge in [-0.05, 0) is 12.8 Å². The molecule has 0 aromatic heterocycles. The van der Waals surface area contributed by atoms with Crippen LogP contribution in [0.15, 0.2) is 0 Å². The van der Waals surface area contributed by atoms with Crippen LogP contribution in [0.3, 0.4) is 0 Å². The molecule has 0 aromatic rings. The lowest BCUT2D eigenvalue weighted by Gasteiger charge is -2.30. The van der Waals surface area contributed by atoms with E-state index >= 15 is 0 Å². The Morgan fingerprint density at radius 1 is 1.54 bits per heavy atom.